The maximum atomic E-state index is 2.44. The summed E-state index contributed by atoms with van der Waals surface area (Å²) >= 11 is 3.74. The summed E-state index contributed by atoms with van der Waals surface area (Å²) in [6, 6.07) is 74.3. The van der Waals surface area contributed by atoms with E-state index in [9.17, 15) is 0 Å². The summed E-state index contributed by atoms with van der Waals surface area (Å²) in [5.41, 5.74) is 16.1. The van der Waals surface area contributed by atoms with Gasteiger partial charge in [-0.2, -0.15) is 0 Å². The number of benzene rings is 9. The Hall–Kier alpha value is -6.78. The molecule has 2 heterocycles. The molecule has 12 rings (SSSR count). The molecule has 60 heavy (non-hydrogen) atoms. The van der Waals surface area contributed by atoms with Crippen LogP contribution in [0.5, 0.6) is 0 Å². The predicted octanol–water partition coefficient (Wildman–Crippen LogP) is 17.2. The molecule has 0 fully saturated rings. The molecule has 0 spiro atoms. The summed E-state index contributed by atoms with van der Waals surface area (Å²) < 4.78 is 5.31. The van der Waals surface area contributed by atoms with Crippen molar-refractivity contribution in [2.75, 3.05) is 4.90 Å². The van der Waals surface area contributed by atoms with Gasteiger partial charge in [0.2, 0.25) is 0 Å². The number of thiophene rings is 2. The van der Waals surface area contributed by atoms with Crippen LogP contribution in [0.3, 0.4) is 0 Å². The summed E-state index contributed by atoms with van der Waals surface area (Å²) in [5.74, 6) is 0. The molecule has 11 aromatic rings. The van der Waals surface area contributed by atoms with E-state index in [-0.39, 0.29) is 5.41 Å². The van der Waals surface area contributed by atoms with Gasteiger partial charge in [-0.3, -0.25) is 0 Å². The second-order valence-electron chi connectivity index (χ2n) is 16.5. The lowest BCUT2D eigenvalue weighted by Gasteiger charge is -2.28. The molecule has 0 bridgehead atoms. The molecule has 0 aliphatic heterocycles. The molecule has 1 nitrogen and oxygen atoms in total. The Morgan fingerprint density at radius 2 is 0.883 bits per heavy atom. The average molecular weight is 802 g/mol. The van der Waals surface area contributed by atoms with Gasteiger partial charge in [-0.25, -0.2) is 0 Å². The summed E-state index contributed by atoms with van der Waals surface area (Å²) in [5, 5.41) is 5.31. The highest BCUT2D eigenvalue weighted by molar-refractivity contribution is 7.26. The molecule has 1 aliphatic rings. The van der Waals surface area contributed by atoms with Crippen LogP contribution >= 0.6 is 22.7 Å². The fourth-order valence-electron chi connectivity index (χ4n) is 9.64. The van der Waals surface area contributed by atoms with Crippen LogP contribution < -0.4 is 4.90 Å². The SMILES string of the molecule is CC1(C)c2cc(N(c3ccc(-c4ccc5c(c4)sc4ccccc45)cc3)c3ccc(-c4ccc5sc6ccccc6c5c4)cc3)ccc2-c2c(-c3ccccc3)cccc21. The Morgan fingerprint density at radius 1 is 0.333 bits per heavy atom. The van der Waals surface area contributed by atoms with E-state index >= 15 is 0 Å². The number of hydrogen-bond acceptors (Lipinski definition) is 3. The van der Waals surface area contributed by atoms with Crippen LogP contribution in [0.15, 0.2) is 200 Å². The van der Waals surface area contributed by atoms with Gasteiger partial charge in [0.15, 0.2) is 0 Å². The Balaban J connectivity index is 0.965. The topological polar surface area (TPSA) is 3.24 Å². The lowest BCUT2D eigenvalue weighted by molar-refractivity contribution is 0.660. The Kier molecular flexibility index (Phi) is 8.00. The first-order valence-corrected chi connectivity index (χ1v) is 22.3. The van der Waals surface area contributed by atoms with Crippen LogP contribution in [0.25, 0.3) is 84.9 Å². The summed E-state index contributed by atoms with van der Waals surface area (Å²) in [6.45, 7) is 4.76. The Morgan fingerprint density at radius 3 is 1.60 bits per heavy atom. The van der Waals surface area contributed by atoms with E-state index in [1.807, 2.05) is 22.7 Å². The van der Waals surface area contributed by atoms with Gasteiger partial charge in [-0.05, 0) is 122 Å². The van der Waals surface area contributed by atoms with Gasteiger partial charge in [-0.1, -0.05) is 147 Å². The number of hydrogen-bond donors (Lipinski definition) is 0. The van der Waals surface area contributed by atoms with E-state index in [1.165, 1.54) is 96.0 Å². The van der Waals surface area contributed by atoms with Gasteiger partial charge in [-0.15, -0.1) is 22.7 Å². The molecule has 0 amide bonds. The van der Waals surface area contributed by atoms with E-state index in [0.29, 0.717) is 0 Å². The first-order valence-electron chi connectivity index (χ1n) is 20.7. The first-order chi connectivity index (χ1) is 29.5. The second kappa shape index (κ2) is 13.6. The highest BCUT2D eigenvalue weighted by Crippen LogP contribution is 2.54. The largest absolute Gasteiger partial charge is 0.310 e. The molecule has 284 valence electrons. The zero-order chi connectivity index (χ0) is 40.0. The van der Waals surface area contributed by atoms with Crippen molar-refractivity contribution in [2.24, 2.45) is 0 Å². The molecule has 0 unspecified atom stereocenters. The van der Waals surface area contributed by atoms with E-state index in [0.717, 1.165) is 17.1 Å². The first kappa shape index (κ1) is 35.2. The normalized spacial score (nSPS) is 13.0. The van der Waals surface area contributed by atoms with E-state index in [2.05, 4.69) is 219 Å². The van der Waals surface area contributed by atoms with Crippen molar-refractivity contribution in [1.82, 2.24) is 0 Å². The van der Waals surface area contributed by atoms with Crippen molar-refractivity contribution in [3.8, 4) is 44.5 Å². The minimum atomic E-state index is -0.166. The average Bonchev–Trinajstić information content (AvgIpc) is 3.94. The van der Waals surface area contributed by atoms with Crippen molar-refractivity contribution >= 4 is 80.1 Å². The third-order valence-electron chi connectivity index (χ3n) is 12.7. The van der Waals surface area contributed by atoms with Crippen LogP contribution in [0, 0.1) is 0 Å². The van der Waals surface area contributed by atoms with Crippen LogP contribution in [0.1, 0.15) is 25.0 Å². The quantitative estimate of drug-likeness (QED) is 0.162. The maximum absolute atomic E-state index is 2.44. The third kappa shape index (κ3) is 5.58. The summed E-state index contributed by atoms with van der Waals surface area (Å²) in [4.78, 5) is 2.43. The fraction of sp³-hybridized carbons (Fsp3) is 0.0526. The van der Waals surface area contributed by atoms with Gasteiger partial charge in [0.05, 0.1) is 0 Å². The second-order valence-corrected chi connectivity index (χ2v) is 18.7. The minimum Gasteiger partial charge on any atom is -0.310 e. The number of nitrogens with zero attached hydrogens (tertiary/aromatic N) is 1. The molecular weight excluding hydrogens is 763 g/mol. The van der Waals surface area contributed by atoms with Crippen molar-refractivity contribution in [3.05, 3.63) is 211 Å². The van der Waals surface area contributed by atoms with Crippen LogP contribution in [0.2, 0.25) is 0 Å². The molecular formula is C57H39NS2. The zero-order valence-electron chi connectivity index (χ0n) is 33.3. The molecule has 0 radical (unpaired) electrons. The molecule has 1 aliphatic carbocycles. The standard InChI is InChI=1S/C57H39NS2/c1-57(2)50-16-10-15-44(38-11-4-3-5-12-38)56(50)48-31-29-43(35-51(48)57)58(41-25-19-36(20-26-41)39-24-32-54-49(33-39)46-14-7-9-18-53(46)59-54)42-27-21-37(22-28-42)40-23-30-47-45-13-6-8-17-52(45)60-55(47)34-40/h3-35H,1-2H3. The van der Waals surface area contributed by atoms with Gasteiger partial charge in [0.25, 0.3) is 0 Å². The van der Waals surface area contributed by atoms with Gasteiger partial charge in [0.1, 0.15) is 0 Å². The number of fused-ring (bicyclic) bond motifs is 9. The molecule has 0 saturated carbocycles. The van der Waals surface area contributed by atoms with E-state index in [1.54, 1.807) is 0 Å². The van der Waals surface area contributed by atoms with Crippen molar-refractivity contribution in [2.45, 2.75) is 19.3 Å². The van der Waals surface area contributed by atoms with Crippen LogP contribution in [-0.2, 0) is 5.41 Å². The smallest absolute Gasteiger partial charge is 0.0465 e. The van der Waals surface area contributed by atoms with Crippen molar-refractivity contribution < 1.29 is 0 Å². The predicted molar refractivity (Wildman–Crippen MR) is 261 cm³/mol. The Bertz CT molecular complexity index is 3440. The monoisotopic (exact) mass is 801 g/mol. The van der Waals surface area contributed by atoms with Gasteiger partial charge >= 0.3 is 0 Å². The third-order valence-corrected chi connectivity index (χ3v) is 15.0. The van der Waals surface area contributed by atoms with Crippen LogP contribution in [0.4, 0.5) is 17.1 Å². The summed E-state index contributed by atoms with van der Waals surface area (Å²) in [6.07, 6.45) is 0. The molecule has 0 saturated heterocycles. The summed E-state index contributed by atoms with van der Waals surface area (Å²) in [7, 11) is 0. The lowest BCUT2D eigenvalue weighted by atomic mass is 9.81. The number of anilines is 3. The highest BCUT2D eigenvalue weighted by Gasteiger charge is 2.37. The molecule has 0 N–H and O–H groups in total. The maximum Gasteiger partial charge on any atom is 0.0465 e. The van der Waals surface area contributed by atoms with Gasteiger partial charge in [0, 0.05) is 62.8 Å². The van der Waals surface area contributed by atoms with Crippen molar-refractivity contribution in [3.63, 3.8) is 0 Å². The molecule has 2 aromatic heterocycles. The fourth-order valence-corrected chi connectivity index (χ4v) is 11.9. The molecule has 9 aromatic carbocycles. The van der Waals surface area contributed by atoms with Crippen molar-refractivity contribution in [1.29, 1.82) is 0 Å². The molecule has 0 atom stereocenters. The Labute approximate surface area is 358 Å². The lowest BCUT2D eigenvalue weighted by Crippen LogP contribution is -2.16. The number of rotatable bonds is 6. The molecule has 3 heteroatoms. The van der Waals surface area contributed by atoms with Gasteiger partial charge < -0.3 is 4.90 Å². The van der Waals surface area contributed by atoms with E-state index in [4.69, 9.17) is 0 Å². The highest BCUT2D eigenvalue weighted by atomic mass is 32.1. The zero-order valence-corrected chi connectivity index (χ0v) is 34.9. The van der Waals surface area contributed by atoms with E-state index < -0.39 is 0 Å². The van der Waals surface area contributed by atoms with Crippen LogP contribution in [-0.4, -0.2) is 0 Å². The minimum absolute atomic E-state index is 0.166.